The summed E-state index contributed by atoms with van der Waals surface area (Å²) in [5, 5.41) is 26.9. The first-order chi connectivity index (χ1) is 18.6. The van der Waals surface area contributed by atoms with Gasteiger partial charge in [0.2, 0.25) is 17.7 Å². The summed E-state index contributed by atoms with van der Waals surface area (Å²) in [6.07, 6.45) is 5.20. The Labute approximate surface area is 234 Å². The number of thioether (sulfide) groups is 1. The van der Waals surface area contributed by atoms with Crippen molar-refractivity contribution in [1.82, 2.24) is 16.0 Å². The van der Waals surface area contributed by atoms with Crippen LogP contribution in [0.25, 0.3) is 0 Å². The molecule has 0 bridgehead atoms. The van der Waals surface area contributed by atoms with Gasteiger partial charge < -0.3 is 43.4 Å². The molecule has 0 aliphatic rings. The number of hydrogen-bond acceptors (Lipinski definition) is 9. The molecule has 1 aromatic rings. The predicted molar refractivity (Wildman–Crippen MR) is 152 cm³/mol. The Bertz CT molecular complexity index is 903. The van der Waals surface area contributed by atoms with Gasteiger partial charge in [0.05, 0.1) is 6.04 Å². The number of carboxylic acid groups (broad SMARTS) is 1. The highest BCUT2D eigenvalue weighted by Gasteiger charge is 2.30. The lowest BCUT2D eigenvalue weighted by Gasteiger charge is -2.25. The van der Waals surface area contributed by atoms with Crippen LogP contribution in [0.1, 0.15) is 50.5 Å². The Morgan fingerprint density at radius 3 is 1.79 bits per heavy atom. The van der Waals surface area contributed by atoms with Gasteiger partial charge in [0.15, 0.2) is 0 Å². The van der Waals surface area contributed by atoms with Gasteiger partial charge in [0.1, 0.15) is 23.9 Å². The van der Waals surface area contributed by atoms with E-state index in [1.807, 2.05) is 6.26 Å². The van der Waals surface area contributed by atoms with Crippen molar-refractivity contribution in [3.8, 4) is 5.75 Å². The number of carbonyl (C=O) groups excluding carboxylic acids is 3. The normalized spacial score (nSPS) is 14.1. The second-order valence-electron chi connectivity index (χ2n) is 9.35. The van der Waals surface area contributed by atoms with E-state index in [4.69, 9.17) is 17.2 Å². The lowest BCUT2D eigenvalue weighted by atomic mass is 10.0. The average Bonchev–Trinajstić information content (AvgIpc) is 2.90. The number of aliphatic carboxylic acids is 1. The van der Waals surface area contributed by atoms with Crippen molar-refractivity contribution in [3.05, 3.63) is 29.8 Å². The van der Waals surface area contributed by atoms with Crippen LogP contribution in [-0.2, 0) is 25.6 Å². The van der Waals surface area contributed by atoms with Crippen molar-refractivity contribution < 1.29 is 29.4 Å². The van der Waals surface area contributed by atoms with E-state index in [0.29, 0.717) is 44.5 Å². The van der Waals surface area contributed by atoms with Gasteiger partial charge in [0, 0.05) is 0 Å². The average molecular weight is 569 g/mol. The van der Waals surface area contributed by atoms with Crippen LogP contribution in [0.4, 0.5) is 0 Å². The molecule has 0 aliphatic heterocycles. The molecule has 0 saturated heterocycles. The van der Waals surface area contributed by atoms with Crippen molar-refractivity contribution in [2.24, 2.45) is 17.2 Å². The summed E-state index contributed by atoms with van der Waals surface area (Å²) in [6, 6.07) is 2.31. The first kappa shape index (κ1) is 34.2. The van der Waals surface area contributed by atoms with Gasteiger partial charge in [-0.2, -0.15) is 11.8 Å². The van der Waals surface area contributed by atoms with Crippen LogP contribution >= 0.6 is 11.8 Å². The van der Waals surface area contributed by atoms with Gasteiger partial charge >= 0.3 is 5.97 Å². The molecular formula is C26H44N6O6S. The van der Waals surface area contributed by atoms with E-state index in [2.05, 4.69) is 16.0 Å². The molecule has 13 heteroatoms. The lowest BCUT2D eigenvalue weighted by Crippen LogP contribution is -2.57. The minimum Gasteiger partial charge on any atom is -0.508 e. The van der Waals surface area contributed by atoms with Gasteiger partial charge in [-0.1, -0.05) is 12.1 Å². The topological polar surface area (TPSA) is 223 Å². The maximum atomic E-state index is 13.3. The van der Waals surface area contributed by atoms with E-state index in [9.17, 15) is 29.4 Å². The number of benzene rings is 1. The number of amides is 3. The van der Waals surface area contributed by atoms with Crippen LogP contribution in [-0.4, -0.2) is 83.2 Å². The van der Waals surface area contributed by atoms with Crippen LogP contribution in [0.5, 0.6) is 5.75 Å². The largest absolute Gasteiger partial charge is 0.508 e. The maximum absolute atomic E-state index is 13.3. The fourth-order valence-electron chi connectivity index (χ4n) is 3.82. The number of phenolic OH excluding ortho intramolecular Hbond substituents is 1. The summed E-state index contributed by atoms with van der Waals surface area (Å²) in [5.41, 5.74) is 17.9. The van der Waals surface area contributed by atoms with Crippen LogP contribution in [0.2, 0.25) is 0 Å². The second-order valence-corrected chi connectivity index (χ2v) is 10.3. The maximum Gasteiger partial charge on any atom is 0.326 e. The molecule has 11 N–H and O–H groups in total. The number of nitrogens with one attached hydrogen (secondary N) is 3. The molecule has 0 aliphatic carbocycles. The zero-order valence-corrected chi connectivity index (χ0v) is 23.4. The molecule has 220 valence electrons. The van der Waals surface area contributed by atoms with Crippen molar-refractivity contribution in [3.63, 3.8) is 0 Å². The Hall–Kier alpha value is -2.87. The fraction of sp³-hybridized carbons (Fsp3) is 0.615. The molecule has 4 atom stereocenters. The standard InChI is InChI=1S/C26H44N6O6S/c1-39-15-12-21(25(36)32-22(26(37)38)7-3-5-14-28)31-24(35)20(6-2-4-13-27)30-23(34)19(29)16-17-8-10-18(33)11-9-17/h8-11,19-22,33H,2-7,12-16,27-29H2,1H3,(H,30,34)(H,31,35)(H,32,36)(H,37,38). The molecule has 0 aromatic heterocycles. The van der Waals surface area contributed by atoms with Crippen molar-refractivity contribution >= 4 is 35.5 Å². The van der Waals surface area contributed by atoms with Gasteiger partial charge in [-0.15, -0.1) is 0 Å². The van der Waals surface area contributed by atoms with Crippen LogP contribution in [0, 0.1) is 0 Å². The van der Waals surface area contributed by atoms with Gasteiger partial charge in [0.25, 0.3) is 0 Å². The summed E-state index contributed by atoms with van der Waals surface area (Å²) < 4.78 is 0. The van der Waals surface area contributed by atoms with Crippen molar-refractivity contribution in [2.75, 3.05) is 25.1 Å². The third-order valence-electron chi connectivity index (χ3n) is 6.11. The van der Waals surface area contributed by atoms with E-state index >= 15 is 0 Å². The molecule has 1 aromatic carbocycles. The SMILES string of the molecule is CSCCC(NC(=O)C(CCCCN)NC(=O)C(N)Cc1ccc(O)cc1)C(=O)NC(CCCCN)C(=O)O. The third kappa shape index (κ3) is 13.7. The van der Waals surface area contributed by atoms with Crippen LogP contribution in [0.3, 0.4) is 0 Å². The summed E-state index contributed by atoms with van der Waals surface area (Å²) in [6.45, 7) is 0.838. The number of carbonyl (C=O) groups is 4. The smallest absolute Gasteiger partial charge is 0.326 e. The molecule has 4 unspecified atom stereocenters. The molecule has 3 amide bonds. The molecule has 39 heavy (non-hydrogen) atoms. The number of nitrogens with two attached hydrogens (primary N) is 3. The Balaban J connectivity index is 2.93. The summed E-state index contributed by atoms with van der Waals surface area (Å²) >= 11 is 1.48. The molecular weight excluding hydrogens is 524 g/mol. The Kier molecular flexibility index (Phi) is 16.8. The lowest BCUT2D eigenvalue weighted by molar-refractivity contribution is -0.142. The summed E-state index contributed by atoms with van der Waals surface area (Å²) in [5.74, 6) is -2.22. The first-order valence-corrected chi connectivity index (χ1v) is 14.6. The number of rotatable bonds is 20. The van der Waals surface area contributed by atoms with Gasteiger partial charge in [-0.3, -0.25) is 14.4 Å². The highest BCUT2D eigenvalue weighted by Crippen LogP contribution is 2.12. The number of aromatic hydroxyl groups is 1. The van der Waals surface area contributed by atoms with Crippen LogP contribution < -0.4 is 33.2 Å². The number of unbranched alkanes of at least 4 members (excludes halogenated alkanes) is 2. The van der Waals surface area contributed by atoms with Crippen molar-refractivity contribution in [2.45, 2.75) is 75.5 Å². The highest BCUT2D eigenvalue weighted by molar-refractivity contribution is 7.98. The second kappa shape index (κ2) is 19.2. The van der Waals surface area contributed by atoms with E-state index in [0.717, 1.165) is 5.56 Å². The molecule has 0 fully saturated rings. The van der Waals surface area contributed by atoms with Gasteiger partial charge in [-0.05, 0) is 94.2 Å². The summed E-state index contributed by atoms with van der Waals surface area (Å²) in [7, 11) is 0. The minimum absolute atomic E-state index is 0.0960. The molecule has 0 radical (unpaired) electrons. The fourth-order valence-corrected chi connectivity index (χ4v) is 4.29. The Morgan fingerprint density at radius 2 is 1.28 bits per heavy atom. The third-order valence-corrected chi connectivity index (χ3v) is 6.76. The number of carboxylic acids is 1. The van der Waals surface area contributed by atoms with E-state index in [1.54, 1.807) is 12.1 Å². The molecule has 0 heterocycles. The van der Waals surface area contributed by atoms with Gasteiger partial charge in [-0.25, -0.2) is 4.79 Å². The number of hydrogen-bond donors (Lipinski definition) is 8. The minimum atomic E-state index is -1.16. The molecule has 0 spiro atoms. The van der Waals surface area contributed by atoms with E-state index < -0.39 is 47.9 Å². The summed E-state index contributed by atoms with van der Waals surface area (Å²) in [4.78, 5) is 50.8. The quantitative estimate of drug-likeness (QED) is 0.0968. The highest BCUT2D eigenvalue weighted by atomic mass is 32.2. The van der Waals surface area contributed by atoms with E-state index in [-0.39, 0.29) is 31.4 Å². The molecule has 0 saturated carbocycles. The molecule has 1 rings (SSSR count). The number of phenols is 1. The van der Waals surface area contributed by atoms with Crippen LogP contribution in [0.15, 0.2) is 24.3 Å². The predicted octanol–water partition coefficient (Wildman–Crippen LogP) is -0.188. The Morgan fingerprint density at radius 1 is 0.795 bits per heavy atom. The molecule has 12 nitrogen and oxygen atoms in total. The van der Waals surface area contributed by atoms with Crippen molar-refractivity contribution in [1.29, 1.82) is 0 Å². The zero-order valence-electron chi connectivity index (χ0n) is 22.6. The zero-order chi connectivity index (χ0) is 29.2. The monoisotopic (exact) mass is 568 g/mol. The first-order valence-electron chi connectivity index (χ1n) is 13.2. The van der Waals surface area contributed by atoms with E-state index in [1.165, 1.54) is 23.9 Å².